The van der Waals surface area contributed by atoms with Gasteiger partial charge in [-0.1, -0.05) is 31.1 Å². The Hall–Kier alpha value is -3.49. The van der Waals surface area contributed by atoms with Crippen molar-refractivity contribution in [2.45, 2.75) is 53.0 Å². The maximum Gasteiger partial charge on any atom is 0.305 e. The SMILES string of the molecule is CCn1nc(-c2nc(-c3ccc(C(=O)NCCC(=O)O)cc3)no2)c2c1CC(C)(C)CC2. The summed E-state index contributed by atoms with van der Waals surface area (Å²) in [4.78, 5) is 27.2. The molecule has 2 N–H and O–H groups in total. The number of rotatable bonds is 7. The fraction of sp³-hybridized carbons (Fsp3) is 0.435. The number of carboxylic acid groups (broad SMARTS) is 1. The number of aryl methyl sites for hydroxylation is 1. The zero-order valence-corrected chi connectivity index (χ0v) is 18.5. The van der Waals surface area contributed by atoms with Crippen molar-refractivity contribution in [1.29, 1.82) is 0 Å². The Labute approximate surface area is 185 Å². The van der Waals surface area contributed by atoms with E-state index in [2.05, 4.69) is 36.2 Å². The number of amides is 1. The molecule has 0 saturated carbocycles. The lowest BCUT2D eigenvalue weighted by Crippen LogP contribution is -2.25. The van der Waals surface area contributed by atoms with Crippen molar-refractivity contribution in [3.63, 3.8) is 0 Å². The fourth-order valence-electron chi connectivity index (χ4n) is 4.03. The van der Waals surface area contributed by atoms with Crippen LogP contribution in [0.2, 0.25) is 0 Å². The van der Waals surface area contributed by atoms with E-state index in [1.807, 2.05) is 4.68 Å². The molecule has 9 heteroatoms. The molecule has 168 valence electrons. The number of benzene rings is 1. The maximum absolute atomic E-state index is 12.1. The van der Waals surface area contributed by atoms with E-state index in [1.165, 1.54) is 11.3 Å². The molecule has 0 saturated heterocycles. The van der Waals surface area contributed by atoms with Crippen LogP contribution in [-0.2, 0) is 24.2 Å². The van der Waals surface area contributed by atoms with Crippen LogP contribution < -0.4 is 5.32 Å². The maximum atomic E-state index is 12.1. The van der Waals surface area contributed by atoms with Gasteiger partial charge in [0, 0.05) is 35.5 Å². The summed E-state index contributed by atoms with van der Waals surface area (Å²) in [6.07, 6.45) is 2.87. The minimum Gasteiger partial charge on any atom is -0.481 e. The minimum absolute atomic E-state index is 0.0794. The highest BCUT2D eigenvalue weighted by Gasteiger charge is 2.32. The Morgan fingerprint density at radius 3 is 2.69 bits per heavy atom. The number of aromatic nitrogens is 4. The van der Waals surface area contributed by atoms with Gasteiger partial charge in [0.05, 0.1) is 6.42 Å². The summed E-state index contributed by atoms with van der Waals surface area (Å²) < 4.78 is 7.60. The molecule has 0 aliphatic heterocycles. The van der Waals surface area contributed by atoms with Gasteiger partial charge < -0.3 is 14.9 Å². The number of nitrogens with zero attached hydrogens (tertiary/aromatic N) is 4. The highest BCUT2D eigenvalue weighted by molar-refractivity contribution is 5.94. The number of carbonyl (C=O) groups is 2. The van der Waals surface area contributed by atoms with E-state index in [9.17, 15) is 9.59 Å². The Bertz CT molecular complexity index is 1140. The molecule has 4 rings (SSSR count). The number of fused-ring (bicyclic) bond motifs is 1. The van der Waals surface area contributed by atoms with Crippen molar-refractivity contribution in [3.8, 4) is 23.0 Å². The number of hydrogen-bond donors (Lipinski definition) is 2. The van der Waals surface area contributed by atoms with Gasteiger partial charge in [-0.3, -0.25) is 14.3 Å². The van der Waals surface area contributed by atoms with Crippen molar-refractivity contribution >= 4 is 11.9 Å². The molecule has 3 aromatic rings. The van der Waals surface area contributed by atoms with Crippen LogP contribution in [-0.4, -0.2) is 43.4 Å². The topological polar surface area (TPSA) is 123 Å². The first-order valence-corrected chi connectivity index (χ1v) is 10.8. The zero-order valence-electron chi connectivity index (χ0n) is 18.5. The molecule has 0 unspecified atom stereocenters. The molecule has 2 aromatic heterocycles. The molecule has 9 nitrogen and oxygen atoms in total. The molecule has 1 aliphatic rings. The van der Waals surface area contributed by atoms with E-state index in [0.29, 0.717) is 22.8 Å². The summed E-state index contributed by atoms with van der Waals surface area (Å²) >= 11 is 0. The van der Waals surface area contributed by atoms with E-state index >= 15 is 0 Å². The van der Waals surface area contributed by atoms with Gasteiger partial charge in [-0.2, -0.15) is 10.1 Å². The van der Waals surface area contributed by atoms with Crippen LogP contribution in [0.3, 0.4) is 0 Å². The molecule has 0 bridgehead atoms. The van der Waals surface area contributed by atoms with E-state index in [1.54, 1.807) is 24.3 Å². The number of carboxylic acids is 1. The quantitative estimate of drug-likeness (QED) is 0.581. The van der Waals surface area contributed by atoms with E-state index in [0.717, 1.165) is 31.5 Å². The normalized spacial score (nSPS) is 14.7. The second-order valence-corrected chi connectivity index (χ2v) is 8.83. The Morgan fingerprint density at radius 2 is 2.00 bits per heavy atom. The van der Waals surface area contributed by atoms with Crippen LogP contribution in [0.1, 0.15) is 55.2 Å². The predicted octanol–water partition coefficient (Wildman–Crippen LogP) is 3.34. The van der Waals surface area contributed by atoms with Crippen LogP contribution in [0, 0.1) is 5.41 Å². The minimum atomic E-state index is -0.956. The van der Waals surface area contributed by atoms with Gasteiger partial charge in [0.15, 0.2) is 5.69 Å². The van der Waals surface area contributed by atoms with Gasteiger partial charge in [0.1, 0.15) is 0 Å². The van der Waals surface area contributed by atoms with Crippen molar-refractivity contribution in [3.05, 3.63) is 41.1 Å². The smallest absolute Gasteiger partial charge is 0.305 e. The fourth-order valence-corrected chi connectivity index (χ4v) is 4.03. The predicted molar refractivity (Wildman–Crippen MR) is 117 cm³/mol. The molecule has 2 heterocycles. The van der Waals surface area contributed by atoms with E-state index in [-0.39, 0.29) is 24.3 Å². The van der Waals surface area contributed by atoms with Crippen LogP contribution >= 0.6 is 0 Å². The lowest BCUT2D eigenvalue weighted by molar-refractivity contribution is -0.136. The third-order valence-corrected chi connectivity index (χ3v) is 5.82. The summed E-state index contributed by atoms with van der Waals surface area (Å²) in [6, 6.07) is 6.78. The largest absolute Gasteiger partial charge is 0.481 e. The Kier molecular flexibility index (Phi) is 5.82. The molecule has 0 spiro atoms. The van der Waals surface area contributed by atoms with Gasteiger partial charge in [0.2, 0.25) is 5.82 Å². The van der Waals surface area contributed by atoms with Gasteiger partial charge in [-0.05, 0) is 43.7 Å². The first kappa shape index (κ1) is 21.7. The molecule has 32 heavy (non-hydrogen) atoms. The van der Waals surface area contributed by atoms with Crippen LogP contribution in [0.5, 0.6) is 0 Å². The summed E-state index contributed by atoms with van der Waals surface area (Å²) in [7, 11) is 0. The molecular weight excluding hydrogens is 410 g/mol. The molecule has 0 atom stereocenters. The molecule has 1 aromatic carbocycles. The molecule has 1 amide bonds. The number of hydrogen-bond acceptors (Lipinski definition) is 6. The standard InChI is InChI=1S/C23H27N5O4/c1-4-28-17-13-23(2,3)11-9-16(17)19(26-28)22-25-20(27-32-22)14-5-7-15(8-6-14)21(31)24-12-10-18(29)30/h5-8H,4,9-13H2,1-3H3,(H,24,31)(H,29,30). The van der Waals surface area contributed by atoms with Crippen molar-refractivity contribution in [2.75, 3.05) is 6.54 Å². The lowest BCUT2D eigenvalue weighted by Gasteiger charge is -2.30. The summed E-state index contributed by atoms with van der Waals surface area (Å²) in [5, 5.41) is 20.1. The second-order valence-electron chi connectivity index (χ2n) is 8.83. The van der Waals surface area contributed by atoms with Gasteiger partial charge >= 0.3 is 5.97 Å². The monoisotopic (exact) mass is 437 g/mol. The zero-order chi connectivity index (χ0) is 22.9. The summed E-state index contributed by atoms with van der Waals surface area (Å²) in [6.45, 7) is 7.51. The second kappa shape index (κ2) is 8.57. The first-order chi connectivity index (χ1) is 15.3. The van der Waals surface area contributed by atoms with Crippen molar-refractivity contribution in [2.24, 2.45) is 5.41 Å². The van der Waals surface area contributed by atoms with Crippen LogP contribution in [0.25, 0.3) is 23.0 Å². The van der Waals surface area contributed by atoms with Crippen LogP contribution in [0.15, 0.2) is 28.8 Å². The summed E-state index contributed by atoms with van der Waals surface area (Å²) in [5.74, 6) is -0.457. The highest BCUT2D eigenvalue weighted by Crippen LogP contribution is 2.39. The molecule has 1 aliphatic carbocycles. The Morgan fingerprint density at radius 1 is 1.25 bits per heavy atom. The number of nitrogens with one attached hydrogen (secondary N) is 1. The highest BCUT2D eigenvalue weighted by atomic mass is 16.5. The number of carbonyl (C=O) groups excluding carboxylic acids is 1. The third kappa shape index (κ3) is 4.42. The first-order valence-electron chi connectivity index (χ1n) is 10.8. The van der Waals surface area contributed by atoms with Crippen molar-refractivity contribution in [1.82, 2.24) is 25.2 Å². The molecular formula is C23H27N5O4. The van der Waals surface area contributed by atoms with Gasteiger partial charge in [-0.25, -0.2) is 0 Å². The summed E-state index contributed by atoms with van der Waals surface area (Å²) in [5.41, 5.74) is 4.59. The Balaban J connectivity index is 1.53. The van der Waals surface area contributed by atoms with Crippen molar-refractivity contribution < 1.29 is 19.2 Å². The van der Waals surface area contributed by atoms with E-state index < -0.39 is 5.97 Å². The van der Waals surface area contributed by atoms with Crippen LogP contribution in [0.4, 0.5) is 0 Å². The van der Waals surface area contributed by atoms with Gasteiger partial charge in [0.25, 0.3) is 11.8 Å². The van der Waals surface area contributed by atoms with E-state index in [4.69, 9.17) is 14.7 Å². The average Bonchev–Trinajstić information content (AvgIpc) is 3.37. The third-order valence-electron chi connectivity index (χ3n) is 5.82. The molecule has 0 fully saturated rings. The molecule has 0 radical (unpaired) electrons. The lowest BCUT2D eigenvalue weighted by atomic mass is 9.76. The van der Waals surface area contributed by atoms with Gasteiger partial charge in [-0.15, -0.1) is 0 Å². The number of aliphatic carboxylic acids is 1. The average molecular weight is 438 g/mol.